The SMILES string of the molecule is COc1cc(OC)c(C=NNS(=O)(=O)c2ccc(C)cc2)c(OC)c1. The molecule has 0 aliphatic carbocycles. The molecule has 2 aromatic carbocycles. The number of nitrogens with one attached hydrogen (secondary N) is 1. The fraction of sp³-hybridized carbons (Fsp3) is 0.235. The van der Waals surface area contributed by atoms with Crippen LogP contribution >= 0.6 is 0 Å². The van der Waals surface area contributed by atoms with E-state index in [4.69, 9.17) is 14.2 Å². The normalized spacial score (nSPS) is 11.4. The maximum absolute atomic E-state index is 12.2. The number of hydrogen-bond acceptors (Lipinski definition) is 6. The Morgan fingerprint density at radius 3 is 2.00 bits per heavy atom. The summed E-state index contributed by atoms with van der Waals surface area (Å²) >= 11 is 0. The van der Waals surface area contributed by atoms with Crippen molar-refractivity contribution in [2.24, 2.45) is 5.10 Å². The molecule has 0 heterocycles. The molecule has 25 heavy (non-hydrogen) atoms. The molecule has 0 saturated carbocycles. The number of methoxy groups -OCH3 is 3. The molecule has 2 rings (SSSR count). The van der Waals surface area contributed by atoms with E-state index in [1.54, 1.807) is 24.3 Å². The van der Waals surface area contributed by atoms with Gasteiger partial charge in [-0.15, -0.1) is 0 Å². The lowest BCUT2D eigenvalue weighted by atomic mass is 10.2. The third-order valence-corrected chi connectivity index (χ3v) is 4.69. The number of rotatable bonds is 7. The van der Waals surface area contributed by atoms with Gasteiger partial charge in [-0.3, -0.25) is 0 Å². The average molecular weight is 364 g/mol. The van der Waals surface area contributed by atoms with E-state index in [1.807, 2.05) is 6.92 Å². The molecule has 0 aromatic heterocycles. The molecule has 1 N–H and O–H groups in total. The molecule has 0 aliphatic rings. The minimum absolute atomic E-state index is 0.129. The van der Waals surface area contributed by atoms with Gasteiger partial charge in [0.05, 0.1) is 38.0 Å². The summed E-state index contributed by atoms with van der Waals surface area (Å²) in [6.07, 6.45) is 1.32. The van der Waals surface area contributed by atoms with Gasteiger partial charge in [-0.05, 0) is 19.1 Å². The predicted molar refractivity (Wildman–Crippen MR) is 95.2 cm³/mol. The Morgan fingerprint density at radius 2 is 1.52 bits per heavy atom. The van der Waals surface area contributed by atoms with E-state index in [9.17, 15) is 8.42 Å². The van der Waals surface area contributed by atoms with Gasteiger partial charge in [-0.1, -0.05) is 17.7 Å². The van der Waals surface area contributed by atoms with Gasteiger partial charge >= 0.3 is 0 Å². The Balaban J connectivity index is 2.28. The lowest BCUT2D eigenvalue weighted by Gasteiger charge is -2.12. The number of hydrazone groups is 1. The van der Waals surface area contributed by atoms with Gasteiger partial charge < -0.3 is 14.2 Å². The largest absolute Gasteiger partial charge is 0.496 e. The lowest BCUT2D eigenvalue weighted by molar-refractivity contribution is 0.374. The Morgan fingerprint density at radius 1 is 0.960 bits per heavy atom. The van der Waals surface area contributed by atoms with Crippen LogP contribution in [0.3, 0.4) is 0 Å². The molecule has 0 spiro atoms. The van der Waals surface area contributed by atoms with Crippen molar-refractivity contribution >= 4 is 16.2 Å². The smallest absolute Gasteiger partial charge is 0.276 e. The van der Waals surface area contributed by atoms with Gasteiger partial charge in [0.1, 0.15) is 17.2 Å². The molecule has 0 amide bonds. The third kappa shape index (κ3) is 4.42. The monoisotopic (exact) mass is 364 g/mol. The summed E-state index contributed by atoms with van der Waals surface area (Å²) < 4.78 is 40.2. The van der Waals surface area contributed by atoms with Crippen LogP contribution in [0, 0.1) is 6.92 Å². The molecule has 7 nitrogen and oxygen atoms in total. The molecule has 0 radical (unpaired) electrons. The zero-order chi connectivity index (χ0) is 18.4. The molecular formula is C17H20N2O5S. The zero-order valence-electron chi connectivity index (χ0n) is 14.4. The van der Waals surface area contributed by atoms with Gasteiger partial charge in [0.2, 0.25) is 0 Å². The molecule has 0 fully saturated rings. The first-order valence-electron chi connectivity index (χ1n) is 7.33. The second kappa shape index (κ2) is 7.89. The molecular weight excluding hydrogens is 344 g/mol. The van der Waals surface area contributed by atoms with Crippen LogP contribution < -0.4 is 19.0 Å². The van der Waals surface area contributed by atoms with Crippen LogP contribution in [-0.2, 0) is 10.0 Å². The summed E-state index contributed by atoms with van der Waals surface area (Å²) in [4.78, 5) is 2.30. The van der Waals surface area contributed by atoms with Crippen LogP contribution in [0.15, 0.2) is 46.4 Å². The fourth-order valence-electron chi connectivity index (χ4n) is 2.09. The van der Waals surface area contributed by atoms with E-state index >= 15 is 0 Å². The number of hydrogen-bond donors (Lipinski definition) is 1. The number of sulfonamides is 1. The standard InChI is InChI=1S/C17H20N2O5S/c1-12-5-7-14(8-6-12)25(20,21)19-18-11-15-16(23-3)9-13(22-2)10-17(15)24-4/h5-11,19H,1-4H3. The average Bonchev–Trinajstić information content (AvgIpc) is 2.61. The zero-order valence-corrected chi connectivity index (χ0v) is 15.3. The van der Waals surface area contributed by atoms with Gasteiger partial charge in [-0.25, -0.2) is 4.83 Å². The van der Waals surface area contributed by atoms with E-state index in [0.29, 0.717) is 22.8 Å². The quantitative estimate of drug-likeness (QED) is 0.602. The Kier molecular flexibility index (Phi) is 5.87. The highest BCUT2D eigenvalue weighted by atomic mass is 32.2. The van der Waals surface area contributed by atoms with Gasteiger partial charge in [0, 0.05) is 12.1 Å². The van der Waals surface area contributed by atoms with E-state index in [2.05, 4.69) is 9.93 Å². The van der Waals surface area contributed by atoms with Gasteiger partial charge in [-0.2, -0.15) is 13.5 Å². The third-order valence-electron chi connectivity index (χ3n) is 3.45. The maximum atomic E-state index is 12.2. The van der Waals surface area contributed by atoms with Crippen LogP contribution in [0.25, 0.3) is 0 Å². The van der Waals surface area contributed by atoms with Crippen molar-refractivity contribution in [2.45, 2.75) is 11.8 Å². The van der Waals surface area contributed by atoms with Crippen LogP contribution in [-0.4, -0.2) is 36.0 Å². The maximum Gasteiger partial charge on any atom is 0.276 e. The van der Waals surface area contributed by atoms with Crippen molar-refractivity contribution < 1.29 is 22.6 Å². The summed E-state index contributed by atoms with van der Waals surface area (Å²) in [5, 5.41) is 3.82. The summed E-state index contributed by atoms with van der Waals surface area (Å²) in [6, 6.07) is 9.77. The Hall–Kier alpha value is -2.74. The van der Waals surface area contributed by atoms with Crippen LogP contribution in [0.4, 0.5) is 0 Å². The van der Waals surface area contributed by atoms with Gasteiger partial charge in [0.15, 0.2) is 0 Å². The number of aryl methyl sites for hydroxylation is 1. The minimum atomic E-state index is -3.75. The first kappa shape index (κ1) is 18.6. The first-order valence-corrected chi connectivity index (χ1v) is 8.81. The summed E-state index contributed by atoms with van der Waals surface area (Å²) in [7, 11) is 0.748. The lowest BCUT2D eigenvalue weighted by Crippen LogP contribution is -2.18. The van der Waals surface area contributed by atoms with Crippen LogP contribution in [0.2, 0.25) is 0 Å². The molecule has 0 bridgehead atoms. The topological polar surface area (TPSA) is 86.2 Å². The fourth-order valence-corrected chi connectivity index (χ4v) is 2.88. The molecule has 0 atom stereocenters. The molecule has 0 aliphatic heterocycles. The molecule has 134 valence electrons. The molecule has 2 aromatic rings. The van der Waals surface area contributed by atoms with Crippen molar-refractivity contribution in [3.63, 3.8) is 0 Å². The Labute approximate surface area is 147 Å². The van der Waals surface area contributed by atoms with Crippen LogP contribution in [0.1, 0.15) is 11.1 Å². The second-order valence-corrected chi connectivity index (χ2v) is 6.77. The van der Waals surface area contributed by atoms with E-state index in [1.165, 1.54) is 39.7 Å². The van der Waals surface area contributed by atoms with Crippen molar-refractivity contribution in [1.29, 1.82) is 0 Å². The molecule has 0 saturated heterocycles. The second-order valence-electron chi connectivity index (χ2n) is 5.11. The summed E-state index contributed by atoms with van der Waals surface area (Å²) in [5.74, 6) is 1.43. The van der Waals surface area contributed by atoms with Gasteiger partial charge in [0.25, 0.3) is 10.0 Å². The Bertz CT molecular complexity index is 836. The van der Waals surface area contributed by atoms with Crippen LogP contribution in [0.5, 0.6) is 17.2 Å². The number of benzene rings is 2. The van der Waals surface area contributed by atoms with E-state index in [0.717, 1.165) is 5.56 Å². The highest BCUT2D eigenvalue weighted by molar-refractivity contribution is 7.89. The first-order chi connectivity index (χ1) is 11.9. The van der Waals surface area contributed by atoms with Crippen molar-refractivity contribution in [1.82, 2.24) is 4.83 Å². The highest BCUT2D eigenvalue weighted by Gasteiger charge is 2.14. The molecule has 0 unspecified atom stereocenters. The van der Waals surface area contributed by atoms with Crippen molar-refractivity contribution in [2.75, 3.05) is 21.3 Å². The minimum Gasteiger partial charge on any atom is -0.496 e. The van der Waals surface area contributed by atoms with E-state index in [-0.39, 0.29) is 4.90 Å². The highest BCUT2D eigenvalue weighted by Crippen LogP contribution is 2.32. The summed E-state index contributed by atoms with van der Waals surface area (Å²) in [6.45, 7) is 1.88. The predicted octanol–water partition coefficient (Wildman–Crippen LogP) is 2.33. The van der Waals surface area contributed by atoms with Crippen molar-refractivity contribution in [3.8, 4) is 17.2 Å². The molecule has 8 heteroatoms. The van der Waals surface area contributed by atoms with E-state index < -0.39 is 10.0 Å². The number of ether oxygens (including phenoxy) is 3. The van der Waals surface area contributed by atoms with Crippen molar-refractivity contribution in [3.05, 3.63) is 47.5 Å². The number of nitrogens with zero attached hydrogens (tertiary/aromatic N) is 1. The summed E-state index contributed by atoms with van der Waals surface area (Å²) in [5.41, 5.74) is 1.45.